The molecule has 0 saturated heterocycles. The van der Waals surface area contributed by atoms with Crippen LogP contribution < -0.4 is 0 Å². The summed E-state index contributed by atoms with van der Waals surface area (Å²) in [6, 6.07) is 0. The predicted octanol–water partition coefficient (Wildman–Crippen LogP) is 2.99. The van der Waals surface area contributed by atoms with E-state index in [9.17, 15) is 0 Å². The van der Waals surface area contributed by atoms with Gasteiger partial charge in [-0.05, 0) is 25.3 Å². The molecule has 0 amide bonds. The van der Waals surface area contributed by atoms with Crippen LogP contribution in [0.15, 0.2) is 28.8 Å². The van der Waals surface area contributed by atoms with Gasteiger partial charge in [0.1, 0.15) is 0 Å². The van der Waals surface area contributed by atoms with Crippen molar-refractivity contribution in [3.63, 3.8) is 0 Å². The fourth-order valence-electron chi connectivity index (χ4n) is 0.947. The Morgan fingerprint density at radius 1 is 1.55 bits per heavy atom. The van der Waals surface area contributed by atoms with Gasteiger partial charge in [-0.25, -0.2) is 0 Å². The molecule has 0 radical (unpaired) electrons. The van der Waals surface area contributed by atoms with Crippen molar-refractivity contribution in [1.82, 2.24) is 0 Å². The van der Waals surface area contributed by atoms with Gasteiger partial charge in [0.05, 0.1) is 0 Å². The Morgan fingerprint density at radius 3 is 2.55 bits per heavy atom. The molecule has 0 atom stereocenters. The number of allylic oxidation sites excluding steroid dienone is 3. The lowest BCUT2D eigenvalue weighted by molar-refractivity contribution is 1.13. The van der Waals surface area contributed by atoms with E-state index in [1.165, 1.54) is 11.1 Å². The first kappa shape index (κ1) is 10.2. The smallest absolute Gasteiger partial charge is 0.0277 e. The summed E-state index contributed by atoms with van der Waals surface area (Å²) >= 11 is 0. The van der Waals surface area contributed by atoms with E-state index in [-0.39, 0.29) is 0 Å². The zero-order valence-electron chi connectivity index (χ0n) is 7.72. The molecule has 0 N–H and O–H groups in total. The third-order valence-electron chi connectivity index (χ3n) is 1.27. The monoisotopic (exact) mass is 151 g/mol. The van der Waals surface area contributed by atoms with Gasteiger partial charge in [0.25, 0.3) is 0 Å². The Balaban J connectivity index is 4.11. The molecule has 11 heavy (non-hydrogen) atoms. The molecule has 0 aromatic heterocycles. The first-order valence-electron chi connectivity index (χ1n) is 3.96. The zero-order valence-corrected chi connectivity index (χ0v) is 7.72. The third-order valence-corrected chi connectivity index (χ3v) is 1.27. The van der Waals surface area contributed by atoms with E-state index in [0.29, 0.717) is 0 Å². The lowest BCUT2D eigenvalue weighted by Crippen LogP contribution is -1.86. The molecule has 0 heterocycles. The van der Waals surface area contributed by atoms with E-state index in [1.54, 1.807) is 7.05 Å². The largest absolute Gasteiger partial charge is 0.296 e. The molecular weight excluding hydrogens is 134 g/mol. The van der Waals surface area contributed by atoms with Gasteiger partial charge in [-0.2, -0.15) is 0 Å². The molecule has 0 aromatic carbocycles. The van der Waals surface area contributed by atoms with Crippen LogP contribution in [0.3, 0.4) is 0 Å². The van der Waals surface area contributed by atoms with Crippen molar-refractivity contribution < 1.29 is 0 Å². The van der Waals surface area contributed by atoms with E-state index < -0.39 is 0 Å². The van der Waals surface area contributed by atoms with Crippen molar-refractivity contribution in [1.29, 1.82) is 0 Å². The van der Waals surface area contributed by atoms with E-state index in [1.807, 2.05) is 13.1 Å². The first-order valence-corrected chi connectivity index (χ1v) is 3.96. The van der Waals surface area contributed by atoms with Crippen molar-refractivity contribution in [2.45, 2.75) is 26.7 Å². The summed E-state index contributed by atoms with van der Waals surface area (Å²) in [5.74, 6) is 0. The Morgan fingerprint density at radius 2 is 2.18 bits per heavy atom. The molecule has 0 spiro atoms. The van der Waals surface area contributed by atoms with Gasteiger partial charge in [0.2, 0.25) is 0 Å². The van der Waals surface area contributed by atoms with Crippen molar-refractivity contribution >= 4 is 6.21 Å². The van der Waals surface area contributed by atoms with Crippen molar-refractivity contribution in [2.75, 3.05) is 7.05 Å². The fourth-order valence-corrected chi connectivity index (χ4v) is 0.947. The second kappa shape index (κ2) is 5.90. The summed E-state index contributed by atoms with van der Waals surface area (Å²) in [5.41, 5.74) is 2.45. The second-order valence-electron chi connectivity index (χ2n) is 2.71. The molecule has 62 valence electrons. The Kier molecular flexibility index (Phi) is 5.44. The topological polar surface area (TPSA) is 12.4 Å². The normalized spacial score (nSPS) is 12.5. The van der Waals surface area contributed by atoms with Gasteiger partial charge < -0.3 is 0 Å². The summed E-state index contributed by atoms with van der Waals surface area (Å²) in [5, 5.41) is 0. The Hall–Kier alpha value is -0.850. The Bertz CT molecular complexity index is 175. The molecular formula is C10H17N. The lowest BCUT2D eigenvalue weighted by atomic mass is 10.1. The van der Waals surface area contributed by atoms with Crippen LogP contribution in [0.1, 0.15) is 26.7 Å². The van der Waals surface area contributed by atoms with Crippen molar-refractivity contribution in [3.05, 3.63) is 23.8 Å². The zero-order chi connectivity index (χ0) is 8.69. The SMILES string of the molecule is C=C(C)CC(/C=N/C)=C\CC. The molecule has 0 rings (SSSR count). The molecule has 0 saturated carbocycles. The molecule has 1 heteroatoms. The minimum Gasteiger partial charge on any atom is -0.296 e. The van der Waals surface area contributed by atoms with Crippen LogP contribution >= 0.6 is 0 Å². The number of nitrogens with zero attached hydrogens (tertiary/aromatic N) is 1. The van der Waals surface area contributed by atoms with Gasteiger partial charge in [-0.3, -0.25) is 4.99 Å². The van der Waals surface area contributed by atoms with Crippen LogP contribution in [-0.4, -0.2) is 13.3 Å². The van der Waals surface area contributed by atoms with Gasteiger partial charge in [0.15, 0.2) is 0 Å². The lowest BCUT2D eigenvalue weighted by Gasteiger charge is -1.98. The maximum Gasteiger partial charge on any atom is 0.0277 e. The van der Waals surface area contributed by atoms with Crippen molar-refractivity contribution in [3.8, 4) is 0 Å². The summed E-state index contributed by atoms with van der Waals surface area (Å²) in [6.45, 7) is 8.02. The highest BCUT2D eigenvalue weighted by Gasteiger charge is 1.91. The first-order chi connectivity index (χ1) is 5.20. The molecule has 0 aromatic rings. The van der Waals surface area contributed by atoms with E-state index >= 15 is 0 Å². The van der Waals surface area contributed by atoms with E-state index in [0.717, 1.165) is 12.8 Å². The molecule has 0 aliphatic carbocycles. The molecule has 0 aliphatic rings. The average molecular weight is 151 g/mol. The predicted molar refractivity (Wildman–Crippen MR) is 52.2 cm³/mol. The quantitative estimate of drug-likeness (QED) is 0.432. The highest BCUT2D eigenvalue weighted by Crippen LogP contribution is 2.06. The minimum absolute atomic E-state index is 0.950. The van der Waals surface area contributed by atoms with Gasteiger partial charge in [-0.1, -0.05) is 25.2 Å². The number of hydrogen-bond donors (Lipinski definition) is 0. The van der Waals surface area contributed by atoms with Crippen LogP contribution in [0.25, 0.3) is 0 Å². The Labute approximate surface area is 69.5 Å². The van der Waals surface area contributed by atoms with Crippen LogP contribution in [-0.2, 0) is 0 Å². The number of rotatable bonds is 4. The third kappa shape index (κ3) is 5.59. The van der Waals surface area contributed by atoms with Gasteiger partial charge >= 0.3 is 0 Å². The van der Waals surface area contributed by atoms with Crippen LogP contribution in [0.4, 0.5) is 0 Å². The minimum atomic E-state index is 0.950. The number of aliphatic imine (C=N–C) groups is 1. The molecule has 0 aliphatic heterocycles. The summed E-state index contributed by atoms with van der Waals surface area (Å²) in [6.07, 6.45) is 6.10. The van der Waals surface area contributed by atoms with Crippen LogP contribution in [0.2, 0.25) is 0 Å². The molecule has 0 bridgehead atoms. The standard InChI is InChI=1S/C10H17N/c1-5-6-10(8-11-4)7-9(2)3/h6,8H,2,5,7H2,1,3-4H3/b10-6+,11-8+. The fraction of sp³-hybridized carbons (Fsp3) is 0.500. The van der Waals surface area contributed by atoms with Crippen LogP contribution in [0.5, 0.6) is 0 Å². The molecule has 0 unspecified atom stereocenters. The van der Waals surface area contributed by atoms with Gasteiger partial charge in [-0.15, -0.1) is 0 Å². The number of hydrogen-bond acceptors (Lipinski definition) is 1. The summed E-state index contributed by atoms with van der Waals surface area (Å²) in [4.78, 5) is 3.97. The van der Waals surface area contributed by atoms with Crippen LogP contribution in [0, 0.1) is 0 Å². The highest BCUT2D eigenvalue weighted by molar-refractivity contribution is 5.78. The van der Waals surface area contributed by atoms with E-state index in [2.05, 4.69) is 24.6 Å². The van der Waals surface area contributed by atoms with Gasteiger partial charge in [0, 0.05) is 13.3 Å². The van der Waals surface area contributed by atoms with Crippen molar-refractivity contribution in [2.24, 2.45) is 4.99 Å². The average Bonchev–Trinajstić information content (AvgIpc) is 1.87. The summed E-state index contributed by atoms with van der Waals surface area (Å²) < 4.78 is 0. The molecule has 1 nitrogen and oxygen atoms in total. The maximum atomic E-state index is 3.97. The summed E-state index contributed by atoms with van der Waals surface area (Å²) in [7, 11) is 1.79. The second-order valence-corrected chi connectivity index (χ2v) is 2.71. The highest BCUT2D eigenvalue weighted by atomic mass is 14.6. The molecule has 0 fully saturated rings. The van der Waals surface area contributed by atoms with E-state index in [4.69, 9.17) is 0 Å². The maximum absolute atomic E-state index is 3.97.